The minimum Gasteiger partial charge on any atom is -0.322 e. The van der Waals surface area contributed by atoms with Crippen LogP contribution in [0.5, 0.6) is 0 Å². The van der Waals surface area contributed by atoms with Crippen LogP contribution in [0.3, 0.4) is 0 Å². The fourth-order valence-electron chi connectivity index (χ4n) is 2.59. The van der Waals surface area contributed by atoms with Gasteiger partial charge in [-0.2, -0.15) is 0 Å². The molecule has 3 nitrogen and oxygen atoms in total. The lowest BCUT2D eigenvalue weighted by atomic mass is 10.2. The standard InChI is InChI=1S/C20H12BrClN2OS/c21-13-5-3-4-12(10-13)19(25)23-14-8-9-15(16(22)11-14)20-24-17-6-1-2-7-18(17)26-20/h1-11H,(H,23,25). The second-order valence-electron chi connectivity index (χ2n) is 5.65. The molecule has 4 aromatic rings. The summed E-state index contributed by atoms with van der Waals surface area (Å²) >= 11 is 11.4. The number of fused-ring (bicyclic) bond motifs is 1. The Bertz CT molecular complexity index is 1090. The quantitative estimate of drug-likeness (QED) is 0.386. The third kappa shape index (κ3) is 3.51. The molecule has 0 fully saturated rings. The molecule has 0 aliphatic carbocycles. The van der Waals surface area contributed by atoms with Crippen LogP contribution in [-0.4, -0.2) is 10.9 Å². The van der Waals surface area contributed by atoms with E-state index in [2.05, 4.69) is 26.2 Å². The van der Waals surface area contributed by atoms with Crippen molar-refractivity contribution in [1.29, 1.82) is 0 Å². The van der Waals surface area contributed by atoms with Gasteiger partial charge in [0.2, 0.25) is 0 Å². The summed E-state index contributed by atoms with van der Waals surface area (Å²) < 4.78 is 1.97. The first-order chi connectivity index (χ1) is 12.6. The van der Waals surface area contributed by atoms with Gasteiger partial charge >= 0.3 is 0 Å². The molecule has 0 atom stereocenters. The van der Waals surface area contributed by atoms with Crippen LogP contribution in [0.15, 0.2) is 71.2 Å². The molecule has 1 heterocycles. The van der Waals surface area contributed by atoms with Crippen molar-refractivity contribution in [3.8, 4) is 10.6 Å². The van der Waals surface area contributed by atoms with Gasteiger partial charge < -0.3 is 5.32 Å². The van der Waals surface area contributed by atoms with Gasteiger partial charge in [-0.3, -0.25) is 4.79 Å². The Kier molecular flexibility index (Phi) is 4.76. The number of nitrogens with one attached hydrogen (secondary N) is 1. The van der Waals surface area contributed by atoms with Crippen molar-refractivity contribution >= 4 is 60.7 Å². The van der Waals surface area contributed by atoms with E-state index in [-0.39, 0.29) is 5.91 Å². The molecule has 0 saturated heterocycles. The lowest BCUT2D eigenvalue weighted by Gasteiger charge is -2.08. The van der Waals surface area contributed by atoms with Gasteiger partial charge in [-0.1, -0.05) is 45.7 Å². The van der Waals surface area contributed by atoms with E-state index in [0.717, 1.165) is 25.3 Å². The van der Waals surface area contributed by atoms with Gasteiger partial charge in [-0.25, -0.2) is 4.98 Å². The SMILES string of the molecule is O=C(Nc1ccc(-c2nc3ccccc3s2)c(Cl)c1)c1cccc(Br)c1. The Balaban J connectivity index is 1.60. The average Bonchev–Trinajstić information content (AvgIpc) is 3.05. The second kappa shape index (κ2) is 7.19. The van der Waals surface area contributed by atoms with Crippen LogP contribution < -0.4 is 5.32 Å². The zero-order valence-electron chi connectivity index (χ0n) is 13.4. The molecular weight excluding hydrogens is 432 g/mol. The number of hydrogen-bond acceptors (Lipinski definition) is 3. The maximum atomic E-state index is 12.4. The number of thiazole rings is 1. The van der Waals surface area contributed by atoms with Crippen molar-refractivity contribution in [3.63, 3.8) is 0 Å². The lowest BCUT2D eigenvalue weighted by molar-refractivity contribution is 0.102. The highest BCUT2D eigenvalue weighted by molar-refractivity contribution is 9.10. The highest BCUT2D eigenvalue weighted by atomic mass is 79.9. The molecule has 0 aliphatic rings. The van der Waals surface area contributed by atoms with E-state index in [1.807, 2.05) is 48.5 Å². The first-order valence-corrected chi connectivity index (χ1v) is 9.81. The van der Waals surface area contributed by atoms with E-state index < -0.39 is 0 Å². The molecule has 1 N–H and O–H groups in total. The first-order valence-electron chi connectivity index (χ1n) is 7.82. The highest BCUT2D eigenvalue weighted by Crippen LogP contribution is 2.35. The van der Waals surface area contributed by atoms with Crippen LogP contribution >= 0.6 is 38.9 Å². The Labute approximate surface area is 167 Å². The molecule has 1 aromatic heterocycles. The molecular formula is C20H12BrClN2OS. The number of hydrogen-bond donors (Lipinski definition) is 1. The summed E-state index contributed by atoms with van der Waals surface area (Å²) in [7, 11) is 0. The minimum absolute atomic E-state index is 0.185. The number of halogens is 2. The Morgan fingerprint density at radius 3 is 2.65 bits per heavy atom. The summed E-state index contributed by atoms with van der Waals surface area (Å²) in [5.74, 6) is -0.185. The zero-order valence-corrected chi connectivity index (χ0v) is 16.5. The molecule has 4 rings (SSSR count). The van der Waals surface area contributed by atoms with Crippen molar-refractivity contribution in [2.24, 2.45) is 0 Å². The van der Waals surface area contributed by atoms with Gasteiger partial charge in [0.05, 0.1) is 15.2 Å². The van der Waals surface area contributed by atoms with Crippen molar-refractivity contribution in [2.45, 2.75) is 0 Å². The number of nitrogens with zero attached hydrogens (tertiary/aromatic N) is 1. The summed E-state index contributed by atoms with van der Waals surface area (Å²) in [5.41, 5.74) is 3.03. The normalized spacial score (nSPS) is 10.8. The van der Waals surface area contributed by atoms with Crippen molar-refractivity contribution in [2.75, 3.05) is 5.32 Å². The molecule has 26 heavy (non-hydrogen) atoms. The van der Waals surface area contributed by atoms with Gasteiger partial charge in [0.1, 0.15) is 5.01 Å². The maximum Gasteiger partial charge on any atom is 0.255 e. The van der Waals surface area contributed by atoms with E-state index in [9.17, 15) is 4.79 Å². The second-order valence-corrected chi connectivity index (χ2v) is 8.00. The van der Waals surface area contributed by atoms with Crippen molar-refractivity contribution < 1.29 is 4.79 Å². The van der Waals surface area contributed by atoms with Gasteiger partial charge in [0.25, 0.3) is 5.91 Å². The number of carbonyl (C=O) groups excluding carboxylic acids is 1. The number of carbonyl (C=O) groups is 1. The number of amides is 1. The molecule has 3 aromatic carbocycles. The van der Waals surface area contributed by atoms with Gasteiger partial charge in [0.15, 0.2) is 0 Å². The molecule has 0 radical (unpaired) electrons. The van der Waals surface area contributed by atoms with Gasteiger partial charge in [0, 0.05) is 21.3 Å². The predicted octanol–water partition coefficient (Wildman–Crippen LogP) is 6.63. The van der Waals surface area contributed by atoms with E-state index in [0.29, 0.717) is 16.3 Å². The Morgan fingerprint density at radius 1 is 1.04 bits per heavy atom. The zero-order chi connectivity index (χ0) is 18.1. The third-order valence-electron chi connectivity index (χ3n) is 3.84. The maximum absolute atomic E-state index is 12.4. The van der Waals surface area contributed by atoms with Crippen LogP contribution in [0.4, 0.5) is 5.69 Å². The van der Waals surface area contributed by atoms with E-state index in [1.165, 1.54) is 0 Å². The summed E-state index contributed by atoms with van der Waals surface area (Å²) in [4.78, 5) is 17.0. The van der Waals surface area contributed by atoms with E-state index in [1.54, 1.807) is 29.5 Å². The van der Waals surface area contributed by atoms with Gasteiger partial charge in [-0.05, 0) is 48.5 Å². The number of rotatable bonds is 3. The molecule has 0 bridgehead atoms. The third-order valence-corrected chi connectivity index (χ3v) is 5.71. The molecule has 0 unspecified atom stereocenters. The molecule has 0 aliphatic heterocycles. The van der Waals surface area contributed by atoms with Crippen LogP contribution in [-0.2, 0) is 0 Å². The summed E-state index contributed by atoms with van der Waals surface area (Å²) in [6.07, 6.45) is 0. The Morgan fingerprint density at radius 2 is 1.88 bits per heavy atom. The molecule has 128 valence electrons. The fraction of sp³-hybridized carbons (Fsp3) is 0. The number of para-hydroxylation sites is 1. The molecule has 0 saturated carbocycles. The van der Waals surface area contributed by atoms with E-state index in [4.69, 9.17) is 11.6 Å². The van der Waals surface area contributed by atoms with Crippen LogP contribution in [0.2, 0.25) is 5.02 Å². The smallest absolute Gasteiger partial charge is 0.255 e. The van der Waals surface area contributed by atoms with Gasteiger partial charge in [-0.15, -0.1) is 11.3 Å². The Hall–Kier alpha value is -2.21. The average molecular weight is 444 g/mol. The number of aromatic nitrogens is 1. The molecule has 1 amide bonds. The lowest BCUT2D eigenvalue weighted by Crippen LogP contribution is -2.11. The summed E-state index contributed by atoms with van der Waals surface area (Å²) in [5, 5.41) is 4.28. The topological polar surface area (TPSA) is 42.0 Å². The first kappa shape index (κ1) is 17.2. The number of benzene rings is 3. The minimum atomic E-state index is -0.185. The summed E-state index contributed by atoms with van der Waals surface area (Å²) in [6.45, 7) is 0. The van der Waals surface area contributed by atoms with Crippen LogP contribution in [0.1, 0.15) is 10.4 Å². The molecule has 0 spiro atoms. The molecule has 6 heteroatoms. The summed E-state index contributed by atoms with van der Waals surface area (Å²) in [6, 6.07) is 20.7. The van der Waals surface area contributed by atoms with Crippen LogP contribution in [0, 0.1) is 0 Å². The monoisotopic (exact) mass is 442 g/mol. The fourth-order valence-corrected chi connectivity index (χ4v) is 4.32. The number of anilines is 1. The van der Waals surface area contributed by atoms with E-state index >= 15 is 0 Å². The van der Waals surface area contributed by atoms with Crippen molar-refractivity contribution in [3.05, 3.63) is 81.8 Å². The van der Waals surface area contributed by atoms with Crippen molar-refractivity contribution in [1.82, 2.24) is 4.98 Å². The predicted molar refractivity (Wildman–Crippen MR) is 112 cm³/mol. The largest absolute Gasteiger partial charge is 0.322 e. The van der Waals surface area contributed by atoms with Crippen LogP contribution in [0.25, 0.3) is 20.8 Å². The highest BCUT2D eigenvalue weighted by Gasteiger charge is 2.12.